The molecule has 0 radical (unpaired) electrons. The van der Waals surface area contributed by atoms with Crippen molar-refractivity contribution in [3.63, 3.8) is 0 Å². The number of fused-ring (bicyclic) bond motifs is 1. The number of aryl methyl sites for hydroxylation is 2. The fraction of sp³-hybridized carbons (Fsp3) is 0.261. The van der Waals surface area contributed by atoms with E-state index in [4.69, 9.17) is 0 Å². The molecular weight excluding hydrogens is 346 g/mol. The van der Waals surface area contributed by atoms with Gasteiger partial charge in [0.15, 0.2) is 5.82 Å². The molecular formula is C23H25N5. The predicted molar refractivity (Wildman–Crippen MR) is 113 cm³/mol. The Balaban J connectivity index is 1.39. The van der Waals surface area contributed by atoms with Crippen LogP contribution in [0.2, 0.25) is 0 Å². The van der Waals surface area contributed by atoms with Crippen molar-refractivity contribution in [2.24, 2.45) is 0 Å². The first-order valence-corrected chi connectivity index (χ1v) is 9.63. The van der Waals surface area contributed by atoms with Crippen molar-refractivity contribution in [1.29, 1.82) is 0 Å². The van der Waals surface area contributed by atoms with Crippen LogP contribution in [0.3, 0.4) is 0 Å². The Kier molecular flexibility index (Phi) is 5.17. The highest BCUT2D eigenvalue weighted by atomic mass is 15.3. The highest BCUT2D eigenvalue weighted by Gasteiger charge is 2.08. The molecule has 28 heavy (non-hydrogen) atoms. The standard InChI is InChI=1S/C23H25N5/c1-16-10-18(3)28(27-16)15-17(2)24-12-19-13-25-23(26-14-19)22-9-8-20-6-4-5-7-21(20)11-22/h4-11,13-14,17,24H,12,15H2,1-3H3/t17-/m1/s1. The average Bonchev–Trinajstić information content (AvgIpc) is 3.03. The minimum absolute atomic E-state index is 0.304. The predicted octanol–water partition coefficient (Wildman–Crippen LogP) is 4.29. The average molecular weight is 371 g/mol. The Morgan fingerprint density at radius 3 is 2.43 bits per heavy atom. The zero-order valence-corrected chi connectivity index (χ0v) is 16.6. The van der Waals surface area contributed by atoms with Gasteiger partial charge < -0.3 is 5.32 Å². The lowest BCUT2D eigenvalue weighted by Crippen LogP contribution is -2.30. The topological polar surface area (TPSA) is 55.6 Å². The Bertz CT molecular complexity index is 1080. The highest BCUT2D eigenvalue weighted by Crippen LogP contribution is 2.21. The van der Waals surface area contributed by atoms with Crippen molar-refractivity contribution >= 4 is 10.8 Å². The van der Waals surface area contributed by atoms with Crippen LogP contribution in [0.15, 0.2) is 60.9 Å². The molecule has 0 amide bonds. The molecule has 0 aliphatic carbocycles. The van der Waals surface area contributed by atoms with E-state index in [2.05, 4.69) is 82.8 Å². The quantitative estimate of drug-likeness (QED) is 0.549. The van der Waals surface area contributed by atoms with E-state index in [0.29, 0.717) is 6.04 Å². The van der Waals surface area contributed by atoms with E-state index in [-0.39, 0.29) is 0 Å². The minimum Gasteiger partial charge on any atom is -0.308 e. The Morgan fingerprint density at radius 2 is 1.71 bits per heavy atom. The van der Waals surface area contributed by atoms with Crippen LogP contribution in [0.1, 0.15) is 23.9 Å². The second-order valence-electron chi connectivity index (χ2n) is 7.37. The van der Waals surface area contributed by atoms with Crippen LogP contribution in [0, 0.1) is 13.8 Å². The van der Waals surface area contributed by atoms with Gasteiger partial charge in [-0.15, -0.1) is 0 Å². The Hall–Kier alpha value is -3.05. The summed E-state index contributed by atoms with van der Waals surface area (Å²) in [7, 11) is 0. The molecule has 0 fully saturated rings. The van der Waals surface area contributed by atoms with Crippen LogP contribution in [-0.4, -0.2) is 25.8 Å². The van der Waals surface area contributed by atoms with Gasteiger partial charge in [0.1, 0.15) is 0 Å². The minimum atomic E-state index is 0.304. The molecule has 142 valence electrons. The third kappa shape index (κ3) is 4.10. The number of aromatic nitrogens is 4. The molecule has 5 nitrogen and oxygen atoms in total. The normalized spacial score (nSPS) is 12.4. The van der Waals surface area contributed by atoms with Crippen molar-refractivity contribution < 1.29 is 0 Å². The molecule has 4 rings (SSSR count). The Labute approximate surface area is 165 Å². The van der Waals surface area contributed by atoms with Gasteiger partial charge in [-0.3, -0.25) is 4.68 Å². The maximum atomic E-state index is 4.57. The Morgan fingerprint density at radius 1 is 0.964 bits per heavy atom. The third-order valence-corrected chi connectivity index (χ3v) is 4.92. The number of nitrogens with one attached hydrogen (secondary N) is 1. The van der Waals surface area contributed by atoms with Gasteiger partial charge in [0, 0.05) is 41.8 Å². The highest BCUT2D eigenvalue weighted by molar-refractivity contribution is 5.86. The van der Waals surface area contributed by atoms with E-state index >= 15 is 0 Å². The summed E-state index contributed by atoms with van der Waals surface area (Å²) >= 11 is 0. The summed E-state index contributed by atoms with van der Waals surface area (Å²) in [5.41, 5.74) is 4.36. The lowest BCUT2D eigenvalue weighted by Gasteiger charge is -2.15. The maximum Gasteiger partial charge on any atom is 0.159 e. The van der Waals surface area contributed by atoms with Crippen molar-refractivity contribution in [2.45, 2.75) is 39.9 Å². The second-order valence-corrected chi connectivity index (χ2v) is 7.37. The van der Waals surface area contributed by atoms with Gasteiger partial charge in [-0.2, -0.15) is 5.10 Å². The summed E-state index contributed by atoms with van der Waals surface area (Å²) in [5.74, 6) is 0.755. The van der Waals surface area contributed by atoms with Crippen LogP contribution in [-0.2, 0) is 13.1 Å². The molecule has 0 spiro atoms. The fourth-order valence-corrected chi connectivity index (χ4v) is 3.40. The molecule has 2 aromatic carbocycles. The first-order valence-electron chi connectivity index (χ1n) is 9.63. The lowest BCUT2D eigenvalue weighted by atomic mass is 10.1. The van der Waals surface area contributed by atoms with Crippen molar-refractivity contribution in [2.75, 3.05) is 0 Å². The number of hydrogen-bond donors (Lipinski definition) is 1. The van der Waals surface area contributed by atoms with E-state index < -0.39 is 0 Å². The molecule has 0 saturated heterocycles. The van der Waals surface area contributed by atoms with Crippen molar-refractivity contribution in [1.82, 2.24) is 25.1 Å². The molecule has 0 aliphatic rings. The number of nitrogens with zero attached hydrogens (tertiary/aromatic N) is 4. The largest absolute Gasteiger partial charge is 0.308 e. The number of hydrogen-bond acceptors (Lipinski definition) is 4. The van der Waals surface area contributed by atoms with Crippen LogP contribution in [0.5, 0.6) is 0 Å². The maximum absolute atomic E-state index is 4.57. The first kappa shape index (κ1) is 18.3. The van der Waals surface area contributed by atoms with Gasteiger partial charge in [-0.25, -0.2) is 9.97 Å². The molecule has 5 heteroatoms. The van der Waals surface area contributed by atoms with E-state index in [0.717, 1.165) is 35.7 Å². The number of rotatable bonds is 6. The van der Waals surface area contributed by atoms with Crippen LogP contribution in [0.4, 0.5) is 0 Å². The van der Waals surface area contributed by atoms with Gasteiger partial charge in [0.05, 0.1) is 12.2 Å². The van der Waals surface area contributed by atoms with Gasteiger partial charge in [0.2, 0.25) is 0 Å². The molecule has 1 N–H and O–H groups in total. The van der Waals surface area contributed by atoms with Crippen LogP contribution >= 0.6 is 0 Å². The molecule has 0 unspecified atom stereocenters. The van der Waals surface area contributed by atoms with Crippen molar-refractivity contribution in [3.05, 3.63) is 77.9 Å². The molecule has 2 heterocycles. The first-order chi connectivity index (χ1) is 13.6. The zero-order chi connectivity index (χ0) is 19.5. The smallest absolute Gasteiger partial charge is 0.159 e. The number of benzene rings is 2. The van der Waals surface area contributed by atoms with E-state index in [9.17, 15) is 0 Å². The lowest BCUT2D eigenvalue weighted by molar-refractivity contribution is 0.443. The third-order valence-electron chi connectivity index (χ3n) is 4.92. The zero-order valence-electron chi connectivity index (χ0n) is 16.6. The van der Waals surface area contributed by atoms with E-state index in [1.807, 2.05) is 24.0 Å². The van der Waals surface area contributed by atoms with E-state index in [1.165, 1.54) is 16.5 Å². The van der Waals surface area contributed by atoms with Crippen LogP contribution in [0.25, 0.3) is 22.2 Å². The summed E-state index contributed by atoms with van der Waals surface area (Å²) in [4.78, 5) is 9.13. The summed E-state index contributed by atoms with van der Waals surface area (Å²) in [6.07, 6.45) is 3.81. The molecule has 1 atom stereocenters. The van der Waals surface area contributed by atoms with Crippen LogP contribution < -0.4 is 5.32 Å². The second kappa shape index (κ2) is 7.90. The molecule has 0 aliphatic heterocycles. The molecule has 2 aromatic heterocycles. The van der Waals surface area contributed by atoms with Crippen molar-refractivity contribution in [3.8, 4) is 11.4 Å². The van der Waals surface area contributed by atoms with Gasteiger partial charge >= 0.3 is 0 Å². The van der Waals surface area contributed by atoms with Gasteiger partial charge in [-0.1, -0.05) is 36.4 Å². The monoisotopic (exact) mass is 371 g/mol. The summed E-state index contributed by atoms with van der Waals surface area (Å²) < 4.78 is 2.05. The van der Waals surface area contributed by atoms with Gasteiger partial charge in [-0.05, 0) is 43.7 Å². The fourth-order valence-electron chi connectivity index (χ4n) is 3.40. The summed E-state index contributed by atoms with van der Waals surface area (Å²) in [6, 6.07) is 17.1. The SMILES string of the molecule is Cc1cc(C)n(C[C@@H](C)NCc2cnc(-c3ccc4ccccc4c3)nc2)n1. The van der Waals surface area contributed by atoms with Gasteiger partial charge in [0.25, 0.3) is 0 Å². The molecule has 0 bridgehead atoms. The summed E-state index contributed by atoms with van der Waals surface area (Å²) in [6.45, 7) is 7.86. The molecule has 4 aromatic rings. The van der Waals surface area contributed by atoms with E-state index in [1.54, 1.807) is 0 Å². The molecule has 0 saturated carbocycles. The summed E-state index contributed by atoms with van der Waals surface area (Å²) in [5, 5.41) is 10.5.